The van der Waals surface area contributed by atoms with Crippen LogP contribution in [0.3, 0.4) is 0 Å². The van der Waals surface area contributed by atoms with Crippen molar-refractivity contribution in [2.24, 2.45) is 5.10 Å². The molecule has 164 valence electrons. The Morgan fingerprint density at radius 1 is 0.969 bits per heavy atom. The van der Waals surface area contributed by atoms with Gasteiger partial charge in [0.2, 0.25) is 0 Å². The van der Waals surface area contributed by atoms with Gasteiger partial charge in [-0.2, -0.15) is 5.10 Å². The van der Waals surface area contributed by atoms with E-state index in [4.69, 9.17) is 39.5 Å². The molecule has 0 spiro atoms. The van der Waals surface area contributed by atoms with Crippen LogP contribution in [0, 0.1) is 6.92 Å². The highest BCUT2D eigenvalue weighted by molar-refractivity contribution is 6.40. The Hall–Kier alpha value is -3.06. The second-order valence-electron chi connectivity index (χ2n) is 6.66. The number of rotatable bonds is 6. The van der Waals surface area contributed by atoms with Gasteiger partial charge in [-0.1, -0.05) is 59.1 Å². The summed E-state index contributed by atoms with van der Waals surface area (Å²) in [5.41, 5.74) is 4.76. The molecule has 2 N–H and O–H groups in total. The average Bonchev–Trinajstić information content (AvgIpc) is 2.76. The fraction of sp³-hybridized carbons (Fsp3) is 0.0870. The Labute approximate surface area is 200 Å². The van der Waals surface area contributed by atoms with Gasteiger partial charge in [-0.05, 0) is 54.4 Å². The summed E-state index contributed by atoms with van der Waals surface area (Å²) in [6.07, 6.45) is 1.40. The molecule has 0 saturated heterocycles. The summed E-state index contributed by atoms with van der Waals surface area (Å²) in [7, 11) is 0. The Balaban J connectivity index is 1.55. The minimum Gasteiger partial charge on any atom is -0.489 e. The zero-order chi connectivity index (χ0) is 23.1. The molecule has 6 nitrogen and oxygen atoms in total. The summed E-state index contributed by atoms with van der Waals surface area (Å²) in [6.45, 7) is 2.00. The first-order chi connectivity index (χ1) is 15.3. The number of nitrogens with one attached hydrogen (secondary N) is 2. The van der Waals surface area contributed by atoms with Gasteiger partial charge in [0.25, 0.3) is 0 Å². The molecule has 0 unspecified atom stereocenters. The molecule has 0 aliphatic heterocycles. The van der Waals surface area contributed by atoms with Gasteiger partial charge >= 0.3 is 11.8 Å². The molecule has 32 heavy (non-hydrogen) atoms. The number of benzene rings is 3. The van der Waals surface area contributed by atoms with Crippen LogP contribution in [0.5, 0.6) is 5.75 Å². The van der Waals surface area contributed by atoms with E-state index in [1.165, 1.54) is 6.21 Å². The van der Waals surface area contributed by atoms with Gasteiger partial charge in [-0.15, -0.1) is 0 Å². The summed E-state index contributed by atoms with van der Waals surface area (Å²) in [6, 6.07) is 17.3. The van der Waals surface area contributed by atoms with E-state index in [2.05, 4.69) is 15.8 Å². The quantitative estimate of drug-likeness (QED) is 0.267. The van der Waals surface area contributed by atoms with Crippen LogP contribution >= 0.6 is 34.8 Å². The Bertz CT molecular complexity index is 1180. The van der Waals surface area contributed by atoms with Gasteiger partial charge in [0.15, 0.2) is 0 Å². The maximum atomic E-state index is 12.1. The van der Waals surface area contributed by atoms with E-state index < -0.39 is 11.8 Å². The minimum atomic E-state index is -0.912. The van der Waals surface area contributed by atoms with Crippen molar-refractivity contribution in [1.29, 1.82) is 0 Å². The lowest BCUT2D eigenvalue weighted by molar-refractivity contribution is -0.136. The van der Waals surface area contributed by atoms with Crippen molar-refractivity contribution in [2.75, 3.05) is 5.32 Å². The monoisotopic (exact) mass is 489 g/mol. The van der Waals surface area contributed by atoms with Crippen LogP contribution in [-0.2, 0) is 16.2 Å². The zero-order valence-electron chi connectivity index (χ0n) is 16.9. The molecular weight excluding hydrogens is 473 g/mol. The van der Waals surface area contributed by atoms with Gasteiger partial charge in [0, 0.05) is 26.3 Å². The second kappa shape index (κ2) is 11.0. The van der Waals surface area contributed by atoms with Crippen molar-refractivity contribution in [3.05, 3.63) is 92.4 Å². The van der Waals surface area contributed by atoms with E-state index in [1.807, 2.05) is 0 Å². The normalized spacial score (nSPS) is 10.8. The van der Waals surface area contributed by atoms with Crippen molar-refractivity contribution < 1.29 is 14.3 Å². The van der Waals surface area contributed by atoms with Crippen LogP contribution in [0.2, 0.25) is 15.1 Å². The highest BCUT2D eigenvalue weighted by Gasteiger charge is 2.14. The summed E-state index contributed by atoms with van der Waals surface area (Å²) in [5.74, 6) is -1.18. The lowest BCUT2D eigenvalue weighted by atomic mass is 10.2. The third kappa shape index (κ3) is 6.47. The molecule has 0 aliphatic carbocycles. The third-order valence-corrected chi connectivity index (χ3v) is 5.37. The summed E-state index contributed by atoms with van der Waals surface area (Å²) < 4.78 is 5.75. The van der Waals surface area contributed by atoms with E-state index in [0.717, 1.165) is 5.56 Å². The average molecular weight is 491 g/mol. The maximum absolute atomic E-state index is 12.1. The Morgan fingerprint density at radius 3 is 2.53 bits per heavy atom. The summed E-state index contributed by atoms with van der Waals surface area (Å²) in [5, 5.41) is 7.88. The molecule has 2 amide bonds. The maximum Gasteiger partial charge on any atom is 0.329 e. The zero-order valence-corrected chi connectivity index (χ0v) is 19.1. The van der Waals surface area contributed by atoms with Gasteiger partial charge in [-0.3, -0.25) is 9.59 Å². The highest BCUT2D eigenvalue weighted by atomic mass is 35.5. The van der Waals surface area contributed by atoms with Crippen LogP contribution < -0.4 is 15.5 Å². The van der Waals surface area contributed by atoms with Crippen LogP contribution in [0.25, 0.3) is 0 Å². The van der Waals surface area contributed by atoms with Gasteiger partial charge in [0.05, 0.1) is 6.21 Å². The first kappa shape index (κ1) is 23.6. The topological polar surface area (TPSA) is 79.8 Å². The molecule has 0 aromatic heterocycles. The third-order valence-electron chi connectivity index (χ3n) is 4.37. The summed E-state index contributed by atoms with van der Waals surface area (Å²) >= 11 is 18.1. The smallest absolute Gasteiger partial charge is 0.329 e. The first-order valence-electron chi connectivity index (χ1n) is 9.40. The molecular formula is C23H18Cl3N3O3. The summed E-state index contributed by atoms with van der Waals surface area (Å²) in [4.78, 5) is 24.1. The van der Waals surface area contributed by atoms with Crippen molar-refractivity contribution in [3.63, 3.8) is 0 Å². The molecule has 0 fully saturated rings. The molecule has 3 rings (SSSR count). The predicted octanol–water partition coefficient (Wildman–Crippen LogP) is 5.62. The van der Waals surface area contributed by atoms with Crippen LogP contribution in [-0.4, -0.2) is 18.0 Å². The number of hydrazone groups is 1. The van der Waals surface area contributed by atoms with Gasteiger partial charge in [-0.25, -0.2) is 5.43 Å². The number of anilines is 1. The first-order valence-corrected chi connectivity index (χ1v) is 10.5. The van der Waals surface area contributed by atoms with Crippen molar-refractivity contribution in [1.82, 2.24) is 5.43 Å². The van der Waals surface area contributed by atoms with Crippen LogP contribution in [0.4, 0.5) is 5.69 Å². The molecule has 0 bridgehead atoms. The van der Waals surface area contributed by atoms with Crippen molar-refractivity contribution in [3.8, 4) is 5.75 Å². The largest absolute Gasteiger partial charge is 0.489 e. The number of ether oxygens (including phenoxy) is 1. The van der Waals surface area contributed by atoms with Crippen molar-refractivity contribution in [2.45, 2.75) is 13.5 Å². The van der Waals surface area contributed by atoms with E-state index in [9.17, 15) is 9.59 Å². The van der Waals surface area contributed by atoms with Gasteiger partial charge < -0.3 is 10.1 Å². The fourth-order valence-corrected chi connectivity index (χ4v) is 3.26. The SMILES string of the molecule is Cc1c(Cl)cccc1NC(=O)C(=O)N/N=C/c1cccc(OCc2ccc(Cl)cc2Cl)c1. The van der Waals surface area contributed by atoms with Crippen molar-refractivity contribution >= 4 is 58.5 Å². The lowest BCUT2D eigenvalue weighted by Gasteiger charge is -2.09. The molecule has 0 radical (unpaired) electrons. The minimum absolute atomic E-state index is 0.260. The number of halogens is 3. The number of hydrogen-bond acceptors (Lipinski definition) is 4. The molecule has 3 aromatic carbocycles. The number of carbonyl (C=O) groups excluding carboxylic acids is 2. The molecule has 0 heterocycles. The van der Waals surface area contributed by atoms with E-state index >= 15 is 0 Å². The van der Waals surface area contributed by atoms with Gasteiger partial charge in [0.1, 0.15) is 12.4 Å². The Morgan fingerprint density at radius 2 is 1.75 bits per heavy atom. The second-order valence-corrected chi connectivity index (χ2v) is 7.91. The molecule has 0 aliphatic rings. The molecule has 3 aromatic rings. The van der Waals surface area contributed by atoms with E-state index in [0.29, 0.717) is 37.6 Å². The fourth-order valence-electron chi connectivity index (χ4n) is 2.62. The standard InChI is InChI=1S/C23H18Cl3N3O3/c1-14-19(25)6-3-7-21(14)28-22(30)23(31)29-27-12-15-4-2-5-18(10-15)32-13-16-8-9-17(24)11-20(16)26/h2-12H,13H2,1H3,(H,28,30)(H,29,31)/b27-12+. The number of carbonyl (C=O) groups is 2. The number of hydrogen-bond donors (Lipinski definition) is 2. The predicted molar refractivity (Wildman–Crippen MR) is 128 cm³/mol. The number of nitrogens with zero attached hydrogens (tertiary/aromatic N) is 1. The number of amides is 2. The lowest BCUT2D eigenvalue weighted by Crippen LogP contribution is -2.32. The van der Waals surface area contributed by atoms with Crippen LogP contribution in [0.15, 0.2) is 65.8 Å². The van der Waals surface area contributed by atoms with Crippen LogP contribution in [0.1, 0.15) is 16.7 Å². The Kier molecular flexibility index (Phi) is 8.11. The van der Waals surface area contributed by atoms with E-state index in [-0.39, 0.29) is 6.61 Å². The molecule has 9 heteroatoms. The molecule has 0 saturated carbocycles. The molecule has 0 atom stereocenters. The highest BCUT2D eigenvalue weighted by Crippen LogP contribution is 2.24. The van der Waals surface area contributed by atoms with E-state index in [1.54, 1.807) is 67.6 Å².